The maximum atomic E-state index is 13.5. The molecule has 0 aliphatic carbocycles. The van der Waals surface area contributed by atoms with Gasteiger partial charge in [-0.25, -0.2) is 8.78 Å². The van der Waals surface area contributed by atoms with E-state index < -0.39 is 11.6 Å². The number of benzene rings is 2. The molecule has 0 spiro atoms. The van der Waals surface area contributed by atoms with E-state index in [1.54, 1.807) is 18.2 Å². The Morgan fingerprint density at radius 2 is 1.63 bits per heavy atom. The van der Waals surface area contributed by atoms with Crippen LogP contribution in [0.1, 0.15) is 11.1 Å². The molecular formula is C14H10Cl2F2O. The van der Waals surface area contributed by atoms with E-state index in [1.807, 2.05) is 0 Å². The van der Waals surface area contributed by atoms with E-state index in [4.69, 9.17) is 27.9 Å². The molecule has 2 aromatic rings. The Balaban J connectivity index is 2.24. The summed E-state index contributed by atoms with van der Waals surface area (Å²) in [6.07, 6.45) is 0. The predicted molar refractivity (Wildman–Crippen MR) is 71.7 cm³/mol. The Hall–Kier alpha value is -1.32. The van der Waals surface area contributed by atoms with Crippen LogP contribution in [0.2, 0.25) is 5.02 Å². The van der Waals surface area contributed by atoms with Crippen LogP contribution in [-0.2, 0) is 12.5 Å². The van der Waals surface area contributed by atoms with E-state index in [2.05, 4.69) is 0 Å². The fraction of sp³-hybridized carbons (Fsp3) is 0.143. The van der Waals surface area contributed by atoms with Crippen LogP contribution < -0.4 is 4.74 Å². The minimum Gasteiger partial charge on any atom is -0.487 e. The maximum absolute atomic E-state index is 13.5. The summed E-state index contributed by atoms with van der Waals surface area (Å²) in [4.78, 5) is 0. The largest absolute Gasteiger partial charge is 0.487 e. The molecule has 0 N–H and O–H groups in total. The Morgan fingerprint density at radius 3 is 2.26 bits per heavy atom. The van der Waals surface area contributed by atoms with Crippen LogP contribution in [0.25, 0.3) is 0 Å². The second-order valence-corrected chi connectivity index (χ2v) is 4.53. The summed E-state index contributed by atoms with van der Waals surface area (Å²) >= 11 is 11.7. The molecule has 0 atom stereocenters. The van der Waals surface area contributed by atoms with Crippen molar-refractivity contribution in [2.45, 2.75) is 12.5 Å². The van der Waals surface area contributed by atoms with Crippen molar-refractivity contribution in [2.24, 2.45) is 0 Å². The molecule has 19 heavy (non-hydrogen) atoms. The minimum absolute atomic E-state index is 0.136. The topological polar surface area (TPSA) is 9.23 Å². The summed E-state index contributed by atoms with van der Waals surface area (Å²) in [6, 6.07) is 8.76. The van der Waals surface area contributed by atoms with Gasteiger partial charge in [-0.05, 0) is 18.2 Å². The molecule has 2 aromatic carbocycles. The Kier molecular flexibility index (Phi) is 4.61. The number of alkyl halides is 1. The van der Waals surface area contributed by atoms with Crippen LogP contribution in [0.15, 0.2) is 36.4 Å². The van der Waals surface area contributed by atoms with E-state index in [1.165, 1.54) is 18.2 Å². The summed E-state index contributed by atoms with van der Waals surface area (Å²) < 4.78 is 32.3. The third-order valence-corrected chi connectivity index (χ3v) is 3.20. The quantitative estimate of drug-likeness (QED) is 0.727. The highest BCUT2D eigenvalue weighted by Crippen LogP contribution is 2.30. The van der Waals surface area contributed by atoms with E-state index in [0.29, 0.717) is 16.3 Å². The molecule has 0 aliphatic rings. The van der Waals surface area contributed by atoms with Gasteiger partial charge in [0.25, 0.3) is 0 Å². The van der Waals surface area contributed by atoms with Gasteiger partial charge in [0.15, 0.2) is 0 Å². The van der Waals surface area contributed by atoms with Gasteiger partial charge in [0.1, 0.15) is 24.0 Å². The minimum atomic E-state index is -0.653. The van der Waals surface area contributed by atoms with Crippen LogP contribution in [0.4, 0.5) is 8.78 Å². The molecule has 0 aromatic heterocycles. The highest BCUT2D eigenvalue weighted by molar-refractivity contribution is 6.32. The third kappa shape index (κ3) is 3.17. The fourth-order valence-electron chi connectivity index (χ4n) is 1.63. The lowest BCUT2D eigenvalue weighted by Gasteiger charge is -2.12. The zero-order valence-electron chi connectivity index (χ0n) is 9.80. The molecular weight excluding hydrogens is 293 g/mol. The van der Waals surface area contributed by atoms with Gasteiger partial charge in [0.05, 0.1) is 16.5 Å². The molecule has 0 bridgehead atoms. The molecule has 0 amide bonds. The van der Waals surface area contributed by atoms with Crippen LogP contribution >= 0.6 is 23.2 Å². The van der Waals surface area contributed by atoms with Gasteiger partial charge in [-0.3, -0.25) is 0 Å². The first-order valence-electron chi connectivity index (χ1n) is 5.52. The van der Waals surface area contributed by atoms with Gasteiger partial charge in [-0.1, -0.05) is 29.8 Å². The Morgan fingerprint density at radius 1 is 1.00 bits per heavy atom. The van der Waals surface area contributed by atoms with Gasteiger partial charge < -0.3 is 4.74 Å². The van der Waals surface area contributed by atoms with E-state index in [-0.39, 0.29) is 18.1 Å². The number of ether oxygens (including phenoxy) is 1. The predicted octanol–water partition coefficient (Wildman–Crippen LogP) is 4.94. The van der Waals surface area contributed by atoms with E-state index in [9.17, 15) is 8.78 Å². The first-order chi connectivity index (χ1) is 9.13. The average molecular weight is 303 g/mol. The van der Waals surface area contributed by atoms with Crippen LogP contribution in [0.5, 0.6) is 5.75 Å². The molecule has 0 aliphatic heterocycles. The van der Waals surface area contributed by atoms with Crippen molar-refractivity contribution in [3.63, 3.8) is 0 Å². The van der Waals surface area contributed by atoms with Crippen molar-refractivity contribution in [1.82, 2.24) is 0 Å². The lowest BCUT2D eigenvalue weighted by atomic mass is 10.2. The van der Waals surface area contributed by atoms with Crippen molar-refractivity contribution in [3.8, 4) is 5.75 Å². The smallest absolute Gasteiger partial charge is 0.142 e. The van der Waals surface area contributed by atoms with Gasteiger partial charge >= 0.3 is 0 Å². The van der Waals surface area contributed by atoms with Crippen molar-refractivity contribution >= 4 is 23.2 Å². The molecule has 100 valence electrons. The molecule has 0 unspecified atom stereocenters. The first-order valence-corrected chi connectivity index (χ1v) is 6.43. The van der Waals surface area contributed by atoms with Crippen molar-refractivity contribution in [3.05, 3.63) is 64.2 Å². The van der Waals surface area contributed by atoms with Crippen LogP contribution in [-0.4, -0.2) is 0 Å². The lowest BCUT2D eigenvalue weighted by Crippen LogP contribution is -2.03. The first kappa shape index (κ1) is 14.1. The third-order valence-electron chi connectivity index (χ3n) is 2.62. The summed E-state index contributed by atoms with van der Waals surface area (Å²) in [5.41, 5.74) is 0.536. The second-order valence-electron chi connectivity index (χ2n) is 3.85. The number of para-hydroxylation sites is 1. The molecule has 0 heterocycles. The SMILES string of the molecule is Fc1cccc(F)c1COc1c(Cl)cccc1CCl. The maximum Gasteiger partial charge on any atom is 0.142 e. The highest BCUT2D eigenvalue weighted by Gasteiger charge is 2.12. The lowest BCUT2D eigenvalue weighted by molar-refractivity contribution is 0.290. The Labute approximate surface area is 119 Å². The Bertz CT molecular complexity index is 567. The van der Waals surface area contributed by atoms with Crippen molar-refractivity contribution in [2.75, 3.05) is 0 Å². The molecule has 0 fully saturated rings. The molecule has 5 heteroatoms. The number of hydrogen-bond acceptors (Lipinski definition) is 1. The average Bonchev–Trinajstić information content (AvgIpc) is 2.39. The summed E-state index contributed by atoms with van der Waals surface area (Å²) in [6.45, 7) is -0.244. The molecule has 1 nitrogen and oxygen atoms in total. The molecule has 0 radical (unpaired) electrons. The zero-order chi connectivity index (χ0) is 13.8. The molecule has 0 saturated heterocycles. The summed E-state index contributed by atoms with van der Waals surface area (Å²) in [7, 11) is 0. The van der Waals surface area contributed by atoms with Gasteiger partial charge in [-0.2, -0.15) is 0 Å². The summed E-state index contributed by atoms with van der Waals surface area (Å²) in [5.74, 6) is -0.754. The van der Waals surface area contributed by atoms with E-state index >= 15 is 0 Å². The van der Waals surface area contributed by atoms with Crippen LogP contribution in [0, 0.1) is 11.6 Å². The van der Waals surface area contributed by atoms with Crippen molar-refractivity contribution in [1.29, 1.82) is 0 Å². The van der Waals surface area contributed by atoms with Crippen molar-refractivity contribution < 1.29 is 13.5 Å². The number of hydrogen-bond donors (Lipinski definition) is 0. The van der Waals surface area contributed by atoms with Crippen LogP contribution in [0.3, 0.4) is 0 Å². The van der Waals surface area contributed by atoms with Gasteiger partial charge in [-0.15, -0.1) is 11.6 Å². The molecule has 2 rings (SSSR count). The molecule has 0 saturated carbocycles. The van der Waals surface area contributed by atoms with Gasteiger partial charge in [0, 0.05) is 5.56 Å². The number of rotatable bonds is 4. The summed E-state index contributed by atoms with van der Waals surface area (Å²) in [5, 5.41) is 0.356. The van der Waals surface area contributed by atoms with E-state index in [0.717, 1.165) is 0 Å². The van der Waals surface area contributed by atoms with Gasteiger partial charge in [0.2, 0.25) is 0 Å². The zero-order valence-corrected chi connectivity index (χ0v) is 11.3. The normalized spacial score (nSPS) is 10.5. The number of halogens is 4. The fourth-order valence-corrected chi connectivity index (χ4v) is 2.09. The standard InChI is InChI=1S/C14H10Cl2F2O/c15-7-9-3-1-4-11(16)14(9)19-8-10-12(17)5-2-6-13(10)18/h1-6H,7-8H2. The highest BCUT2D eigenvalue weighted by atomic mass is 35.5. The monoisotopic (exact) mass is 302 g/mol. The second kappa shape index (κ2) is 6.22.